The van der Waals surface area contributed by atoms with Crippen LogP contribution in [-0.4, -0.2) is 4.98 Å². The molecule has 4 heteroatoms. The number of nitrogens with two attached hydrogens (primary N) is 1. The van der Waals surface area contributed by atoms with E-state index in [0.717, 1.165) is 5.56 Å². The van der Waals surface area contributed by atoms with E-state index in [0.29, 0.717) is 5.56 Å². The summed E-state index contributed by atoms with van der Waals surface area (Å²) in [4.78, 5) is 3.57. The Morgan fingerprint density at radius 1 is 1.43 bits per heavy atom. The third kappa shape index (κ3) is 1.66. The molecule has 14 heavy (non-hydrogen) atoms. The molecule has 0 aliphatic heterocycles. The van der Waals surface area contributed by atoms with Crippen LogP contribution in [0.1, 0.15) is 17.2 Å². The van der Waals surface area contributed by atoms with E-state index in [2.05, 4.69) is 4.98 Å². The summed E-state index contributed by atoms with van der Waals surface area (Å²) in [6.45, 7) is 0. The van der Waals surface area contributed by atoms with Crippen molar-refractivity contribution in [3.63, 3.8) is 0 Å². The van der Waals surface area contributed by atoms with E-state index >= 15 is 0 Å². The van der Waals surface area contributed by atoms with Crippen molar-refractivity contribution in [2.75, 3.05) is 0 Å². The molecule has 0 bridgehead atoms. The van der Waals surface area contributed by atoms with Gasteiger partial charge in [-0.05, 0) is 28.5 Å². The lowest BCUT2D eigenvalue weighted by atomic mass is 10.0. The number of nitrogens with zero attached hydrogens (tertiary/aromatic N) is 1. The number of aromatic nitrogens is 1. The molecule has 0 saturated carbocycles. The smallest absolute Gasteiger partial charge is 0.217 e. The lowest BCUT2D eigenvalue weighted by molar-refractivity contribution is 0.558. The minimum Gasteiger partial charge on any atom is -0.320 e. The molecule has 0 aromatic carbocycles. The standard InChI is InChI=1S/C10H9FN2S/c11-10-8(2-1-4-13-10)9(12)7-3-5-14-6-7/h1-6,9H,12H2/t9-/m1/s1. The number of pyridine rings is 1. The van der Waals surface area contributed by atoms with E-state index in [9.17, 15) is 4.39 Å². The van der Waals surface area contributed by atoms with Crippen molar-refractivity contribution in [1.29, 1.82) is 0 Å². The molecule has 0 aliphatic carbocycles. The molecule has 0 aliphatic rings. The topological polar surface area (TPSA) is 38.9 Å². The molecule has 2 aromatic heterocycles. The summed E-state index contributed by atoms with van der Waals surface area (Å²) in [5.74, 6) is -0.494. The summed E-state index contributed by atoms with van der Waals surface area (Å²) in [6, 6.07) is 4.81. The van der Waals surface area contributed by atoms with E-state index in [1.54, 1.807) is 23.5 Å². The number of thiophene rings is 1. The van der Waals surface area contributed by atoms with Gasteiger partial charge in [0, 0.05) is 11.8 Å². The fourth-order valence-corrected chi connectivity index (χ4v) is 1.96. The third-order valence-corrected chi connectivity index (χ3v) is 2.73. The van der Waals surface area contributed by atoms with Gasteiger partial charge in [0.25, 0.3) is 0 Å². The average molecular weight is 208 g/mol. The first-order chi connectivity index (χ1) is 6.79. The first-order valence-corrected chi connectivity index (χ1v) is 5.11. The highest BCUT2D eigenvalue weighted by Gasteiger charge is 2.13. The zero-order valence-electron chi connectivity index (χ0n) is 7.35. The minimum absolute atomic E-state index is 0.421. The van der Waals surface area contributed by atoms with Crippen molar-refractivity contribution >= 4 is 11.3 Å². The van der Waals surface area contributed by atoms with E-state index in [4.69, 9.17) is 5.73 Å². The number of halogens is 1. The predicted molar refractivity (Wildman–Crippen MR) is 54.5 cm³/mol. The highest BCUT2D eigenvalue weighted by molar-refractivity contribution is 7.08. The molecule has 0 unspecified atom stereocenters. The maximum Gasteiger partial charge on any atom is 0.217 e. The van der Waals surface area contributed by atoms with E-state index in [-0.39, 0.29) is 0 Å². The van der Waals surface area contributed by atoms with Crippen LogP contribution in [0, 0.1) is 5.95 Å². The second kappa shape index (κ2) is 3.86. The van der Waals surface area contributed by atoms with Gasteiger partial charge in [-0.25, -0.2) is 4.98 Å². The molecule has 2 rings (SSSR count). The largest absolute Gasteiger partial charge is 0.320 e. The Morgan fingerprint density at radius 3 is 2.93 bits per heavy atom. The van der Waals surface area contributed by atoms with E-state index in [1.807, 2.05) is 16.8 Å². The van der Waals surface area contributed by atoms with Gasteiger partial charge >= 0.3 is 0 Å². The molecule has 1 atom stereocenters. The Bertz CT molecular complexity index is 414. The van der Waals surface area contributed by atoms with Crippen LogP contribution in [0.25, 0.3) is 0 Å². The maximum absolute atomic E-state index is 13.2. The van der Waals surface area contributed by atoms with Gasteiger partial charge in [-0.2, -0.15) is 15.7 Å². The molecular formula is C10H9FN2S. The van der Waals surface area contributed by atoms with E-state index in [1.165, 1.54) is 6.20 Å². The Labute approximate surface area is 85.2 Å². The van der Waals surface area contributed by atoms with Gasteiger partial charge in [-0.1, -0.05) is 6.07 Å². The van der Waals surface area contributed by atoms with Crippen molar-refractivity contribution in [2.24, 2.45) is 5.73 Å². The Hall–Kier alpha value is -1.26. The SMILES string of the molecule is N[C@H](c1ccsc1)c1cccnc1F. The number of hydrogen-bond donors (Lipinski definition) is 1. The highest BCUT2D eigenvalue weighted by Crippen LogP contribution is 2.22. The molecule has 72 valence electrons. The maximum atomic E-state index is 13.2. The summed E-state index contributed by atoms with van der Waals surface area (Å²) < 4.78 is 13.2. The molecule has 2 heterocycles. The summed E-state index contributed by atoms with van der Waals surface area (Å²) in [6.07, 6.45) is 1.42. The highest BCUT2D eigenvalue weighted by atomic mass is 32.1. The molecule has 2 aromatic rings. The van der Waals surface area contributed by atoms with Gasteiger partial charge in [-0.3, -0.25) is 0 Å². The second-order valence-electron chi connectivity index (χ2n) is 2.92. The monoisotopic (exact) mass is 208 g/mol. The van der Waals surface area contributed by atoms with Gasteiger partial charge in [0.1, 0.15) is 0 Å². The van der Waals surface area contributed by atoms with E-state index < -0.39 is 12.0 Å². The van der Waals surface area contributed by atoms with Crippen LogP contribution < -0.4 is 5.73 Å². The van der Waals surface area contributed by atoms with Gasteiger partial charge in [0.15, 0.2) is 0 Å². The van der Waals surface area contributed by atoms with Crippen LogP contribution in [0.4, 0.5) is 4.39 Å². The van der Waals surface area contributed by atoms with Crippen LogP contribution >= 0.6 is 11.3 Å². The Morgan fingerprint density at radius 2 is 2.29 bits per heavy atom. The summed E-state index contributed by atoms with van der Waals surface area (Å²) in [5, 5.41) is 3.83. The quantitative estimate of drug-likeness (QED) is 0.769. The molecule has 0 radical (unpaired) electrons. The van der Waals surface area contributed by atoms with Crippen LogP contribution in [0.5, 0.6) is 0 Å². The molecule has 2 nitrogen and oxygen atoms in total. The van der Waals surface area contributed by atoms with Crippen molar-refractivity contribution in [3.8, 4) is 0 Å². The minimum atomic E-state index is -0.494. The molecule has 0 saturated heterocycles. The zero-order chi connectivity index (χ0) is 9.97. The fraction of sp³-hybridized carbons (Fsp3) is 0.100. The first kappa shape index (κ1) is 9.30. The van der Waals surface area contributed by atoms with Gasteiger partial charge in [-0.15, -0.1) is 0 Å². The van der Waals surface area contributed by atoms with Gasteiger partial charge < -0.3 is 5.73 Å². The molecule has 0 spiro atoms. The molecule has 2 N–H and O–H groups in total. The third-order valence-electron chi connectivity index (χ3n) is 2.03. The van der Waals surface area contributed by atoms with Crippen molar-refractivity contribution in [2.45, 2.75) is 6.04 Å². The summed E-state index contributed by atoms with van der Waals surface area (Å²) in [5.41, 5.74) is 7.24. The Balaban J connectivity index is 2.37. The second-order valence-corrected chi connectivity index (χ2v) is 3.70. The first-order valence-electron chi connectivity index (χ1n) is 4.17. The van der Waals surface area contributed by atoms with Crippen molar-refractivity contribution in [1.82, 2.24) is 4.98 Å². The molecule has 0 amide bonds. The normalized spacial score (nSPS) is 12.7. The predicted octanol–water partition coefficient (Wildman–Crippen LogP) is 2.33. The van der Waals surface area contributed by atoms with Gasteiger partial charge in [0.05, 0.1) is 6.04 Å². The zero-order valence-corrected chi connectivity index (χ0v) is 8.17. The molecular weight excluding hydrogens is 199 g/mol. The van der Waals surface area contributed by atoms with Gasteiger partial charge in [0.2, 0.25) is 5.95 Å². The summed E-state index contributed by atoms with van der Waals surface area (Å²) >= 11 is 1.55. The number of hydrogen-bond acceptors (Lipinski definition) is 3. The molecule has 0 fully saturated rings. The number of rotatable bonds is 2. The fourth-order valence-electron chi connectivity index (χ4n) is 1.26. The van der Waals surface area contributed by atoms with Crippen molar-refractivity contribution < 1.29 is 4.39 Å². The van der Waals surface area contributed by atoms with Crippen LogP contribution in [0.3, 0.4) is 0 Å². The van der Waals surface area contributed by atoms with Crippen LogP contribution in [0.15, 0.2) is 35.2 Å². The average Bonchev–Trinajstić information content (AvgIpc) is 2.70. The lowest BCUT2D eigenvalue weighted by Crippen LogP contribution is -2.13. The summed E-state index contributed by atoms with van der Waals surface area (Å²) in [7, 11) is 0. The van der Waals surface area contributed by atoms with Crippen LogP contribution in [0.2, 0.25) is 0 Å². The van der Waals surface area contributed by atoms with Crippen LogP contribution in [-0.2, 0) is 0 Å². The van der Waals surface area contributed by atoms with Crippen molar-refractivity contribution in [3.05, 3.63) is 52.2 Å². The lowest BCUT2D eigenvalue weighted by Gasteiger charge is -2.09. The Kier molecular flexibility index (Phi) is 2.56.